The van der Waals surface area contributed by atoms with E-state index in [1.165, 1.54) is 0 Å². The smallest absolute Gasteiger partial charge is 0.309 e. The van der Waals surface area contributed by atoms with E-state index in [4.69, 9.17) is 4.74 Å². The number of sulfone groups is 1. The quantitative estimate of drug-likeness (QED) is 0.740. The molecule has 1 atom stereocenters. The number of esters is 1. The zero-order valence-electron chi connectivity index (χ0n) is 10.6. The van der Waals surface area contributed by atoms with Crippen molar-refractivity contribution >= 4 is 15.8 Å². The van der Waals surface area contributed by atoms with Gasteiger partial charge in [0, 0.05) is 0 Å². The molecule has 1 rings (SSSR count). The van der Waals surface area contributed by atoms with Gasteiger partial charge in [-0.15, -0.1) is 0 Å². The van der Waals surface area contributed by atoms with E-state index in [2.05, 4.69) is 0 Å². The lowest BCUT2D eigenvalue weighted by Crippen LogP contribution is -2.24. The Labute approximate surface area is 108 Å². The van der Waals surface area contributed by atoms with Gasteiger partial charge in [-0.05, 0) is 12.5 Å². The molecule has 4 nitrogen and oxygen atoms in total. The predicted molar refractivity (Wildman–Crippen MR) is 69.7 cm³/mol. The van der Waals surface area contributed by atoms with Gasteiger partial charge in [-0.2, -0.15) is 0 Å². The van der Waals surface area contributed by atoms with Crippen LogP contribution in [0, 0.1) is 5.92 Å². The average Bonchev–Trinajstić information content (AvgIpc) is 2.29. The molecule has 18 heavy (non-hydrogen) atoms. The highest BCUT2D eigenvalue weighted by Crippen LogP contribution is 2.11. The van der Waals surface area contributed by atoms with E-state index in [9.17, 15) is 13.2 Å². The summed E-state index contributed by atoms with van der Waals surface area (Å²) in [6, 6.07) is 8.93. The van der Waals surface area contributed by atoms with E-state index in [0.29, 0.717) is 0 Å². The van der Waals surface area contributed by atoms with E-state index in [0.717, 1.165) is 5.56 Å². The normalized spacial score (nSPS) is 13.0. The number of hydrogen-bond donors (Lipinski definition) is 0. The van der Waals surface area contributed by atoms with Crippen LogP contribution in [0.25, 0.3) is 0 Å². The summed E-state index contributed by atoms with van der Waals surface area (Å²) in [5, 5.41) is 0. The molecule has 0 bridgehead atoms. The maximum atomic E-state index is 11.9. The highest BCUT2D eigenvalue weighted by Gasteiger charge is 2.22. The molecule has 0 aliphatic heterocycles. The Morgan fingerprint density at radius 2 is 1.89 bits per heavy atom. The van der Waals surface area contributed by atoms with Gasteiger partial charge in [0.15, 0.2) is 9.84 Å². The van der Waals surface area contributed by atoms with Crippen LogP contribution < -0.4 is 0 Å². The van der Waals surface area contributed by atoms with Crippen LogP contribution in [0.4, 0.5) is 0 Å². The molecular formula is C13H18O4S. The standard InChI is InChI=1S/C13H18O4S/c1-3-17-13(14)11(2)9-18(15,16)10-12-7-5-4-6-8-12/h4-8,11H,3,9-10H2,1-2H3. The SMILES string of the molecule is CCOC(=O)C(C)CS(=O)(=O)Cc1ccccc1. The first-order valence-electron chi connectivity index (χ1n) is 5.85. The summed E-state index contributed by atoms with van der Waals surface area (Å²) < 4.78 is 28.6. The van der Waals surface area contributed by atoms with Crippen molar-refractivity contribution in [3.63, 3.8) is 0 Å². The maximum Gasteiger partial charge on any atom is 0.309 e. The van der Waals surface area contributed by atoms with Crippen LogP contribution >= 0.6 is 0 Å². The van der Waals surface area contributed by atoms with E-state index in [1.54, 1.807) is 38.1 Å². The van der Waals surface area contributed by atoms with Crippen LogP contribution in [0.3, 0.4) is 0 Å². The average molecular weight is 270 g/mol. The van der Waals surface area contributed by atoms with Crippen molar-refractivity contribution in [3.8, 4) is 0 Å². The van der Waals surface area contributed by atoms with Crippen molar-refractivity contribution in [2.75, 3.05) is 12.4 Å². The second kappa shape index (κ2) is 6.54. The van der Waals surface area contributed by atoms with Gasteiger partial charge in [0.25, 0.3) is 0 Å². The van der Waals surface area contributed by atoms with Crippen LogP contribution in [-0.2, 0) is 25.1 Å². The molecule has 0 amide bonds. The van der Waals surface area contributed by atoms with Gasteiger partial charge in [0.05, 0.1) is 24.0 Å². The van der Waals surface area contributed by atoms with Gasteiger partial charge in [-0.1, -0.05) is 37.3 Å². The van der Waals surface area contributed by atoms with E-state index in [-0.39, 0.29) is 18.1 Å². The van der Waals surface area contributed by atoms with E-state index >= 15 is 0 Å². The topological polar surface area (TPSA) is 60.4 Å². The van der Waals surface area contributed by atoms with Crippen LogP contribution in [0.1, 0.15) is 19.4 Å². The summed E-state index contributed by atoms with van der Waals surface area (Å²) in [5.41, 5.74) is 0.730. The third kappa shape index (κ3) is 4.87. The molecule has 1 unspecified atom stereocenters. The van der Waals surface area contributed by atoms with Crippen molar-refractivity contribution in [2.24, 2.45) is 5.92 Å². The highest BCUT2D eigenvalue weighted by atomic mass is 32.2. The fourth-order valence-electron chi connectivity index (χ4n) is 1.62. The number of rotatable bonds is 6. The van der Waals surface area contributed by atoms with Crippen LogP contribution in [-0.4, -0.2) is 26.7 Å². The summed E-state index contributed by atoms with van der Waals surface area (Å²) >= 11 is 0. The molecule has 1 aromatic rings. The minimum Gasteiger partial charge on any atom is -0.466 e. The zero-order chi connectivity index (χ0) is 13.6. The lowest BCUT2D eigenvalue weighted by Gasteiger charge is -2.11. The summed E-state index contributed by atoms with van der Waals surface area (Å²) in [6.07, 6.45) is 0. The van der Waals surface area contributed by atoms with Crippen molar-refractivity contribution in [3.05, 3.63) is 35.9 Å². The second-order valence-electron chi connectivity index (χ2n) is 4.19. The van der Waals surface area contributed by atoms with Gasteiger partial charge in [0.2, 0.25) is 0 Å². The molecule has 0 heterocycles. The molecular weight excluding hydrogens is 252 g/mol. The monoisotopic (exact) mass is 270 g/mol. The first-order chi connectivity index (χ1) is 8.44. The summed E-state index contributed by atoms with van der Waals surface area (Å²) in [7, 11) is -3.30. The van der Waals surface area contributed by atoms with Gasteiger partial charge in [0.1, 0.15) is 0 Å². The Balaban J connectivity index is 2.63. The van der Waals surface area contributed by atoms with Crippen LogP contribution in [0.5, 0.6) is 0 Å². The van der Waals surface area contributed by atoms with Gasteiger partial charge >= 0.3 is 5.97 Å². The molecule has 0 aromatic heterocycles. The molecule has 0 spiro atoms. The molecule has 1 aromatic carbocycles. The van der Waals surface area contributed by atoms with Crippen LogP contribution in [0.2, 0.25) is 0 Å². The fraction of sp³-hybridized carbons (Fsp3) is 0.462. The number of carbonyl (C=O) groups is 1. The molecule has 0 aliphatic rings. The van der Waals surface area contributed by atoms with Gasteiger partial charge < -0.3 is 4.74 Å². The minimum atomic E-state index is -3.30. The largest absolute Gasteiger partial charge is 0.466 e. The molecule has 0 radical (unpaired) electrons. The fourth-order valence-corrected chi connectivity index (χ4v) is 3.34. The lowest BCUT2D eigenvalue weighted by molar-refractivity contribution is -0.146. The molecule has 5 heteroatoms. The van der Waals surface area contributed by atoms with Crippen molar-refractivity contribution in [1.82, 2.24) is 0 Å². The molecule has 0 aliphatic carbocycles. The van der Waals surface area contributed by atoms with Crippen LogP contribution in [0.15, 0.2) is 30.3 Å². The predicted octanol–water partition coefficient (Wildman–Crippen LogP) is 1.80. The number of benzene rings is 1. The first kappa shape index (κ1) is 14.7. The third-order valence-electron chi connectivity index (χ3n) is 2.42. The van der Waals surface area contributed by atoms with Crippen molar-refractivity contribution < 1.29 is 17.9 Å². The Kier molecular flexibility index (Phi) is 5.34. The Bertz CT molecular complexity index is 479. The second-order valence-corrected chi connectivity index (χ2v) is 6.30. The van der Waals surface area contributed by atoms with E-state index < -0.39 is 21.7 Å². The molecule has 100 valence electrons. The highest BCUT2D eigenvalue weighted by molar-refractivity contribution is 7.90. The Morgan fingerprint density at radius 3 is 2.44 bits per heavy atom. The lowest BCUT2D eigenvalue weighted by atomic mass is 10.2. The summed E-state index contributed by atoms with van der Waals surface area (Å²) in [4.78, 5) is 11.4. The Hall–Kier alpha value is -1.36. The minimum absolute atomic E-state index is 0.0441. The Morgan fingerprint density at radius 1 is 1.28 bits per heavy atom. The molecule has 0 fully saturated rings. The van der Waals surface area contributed by atoms with E-state index in [1.807, 2.05) is 6.07 Å². The van der Waals surface area contributed by atoms with Crippen molar-refractivity contribution in [1.29, 1.82) is 0 Å². The number of carbonyl (C=O) groups excluding carboxylic acids is 1. The number of hydrogen-bond acceptors (Lipinski definition) is 4. The summed E-state index contributed by atoms with van der Waals surface area (Å²) in [6.45, 7) is 3.53. The van der Waals surface area contributed by atoms with Gasteiger partial charge in [-0.25, -0.2) is 8.42 Å². The number of ether oxygens (including phenoxy) is 1. The summed E-state index contributed by atoms with van der Waals surface area (Å²) in [5.74, 6) is -1.31. The molecule has 0 N–H and O–H groups in total. The van der Waals surface area contributed by atoms with Gasteiger partial charge in [-0.3, -0.25) is 4.79 Å². The first-order valence-corrected chi connectivity index (χ1v) is 7.67. The molecule has 0 saturated heterocycles. The molecule has 0 saturated carbocycles. The van der Waals surface area contributed by atoms with Crippen molar-refractivity contribution in [2.45, 2.75) is 19.6 Å². The third-order valence-corrected chi connectivity index (χ3v) is 4.20. The maximum absolute atomic E-state index is 11.9. The zero-order valence-corrected chi connectivity index (χ0v) is 11.4.